The summed E-state index contributed by atoms with van der Waals surface area (Å²) in [6, 6.07) is 3.59. The molecule has 0 aliphatic rings. The van der Waals surface area contributed by atoms with Crippen LogP contribution in [0.4, 0.5) is 8.78 Å². The summed E-state index contributed by atoms with van der Waals surface area (Å²) in [5.74, 6) is -0.365. The van der Waals surface area contributed by atoms with Crippen LogP contribution in [0.3, 0.4) is 0 Å². The van der Waals surface area contributed by atoms with Gasteiger partial charge in [0.25, 0.3) is 0 Å². The van der Waals surface area contributed by atoms with Crippen LogP contribution in [-0.2, 0) is 6.42 Å². The Hall–Kier alpha value is -1.30. The minimum absolute atomic E-state index is 0.0774. The van der Waals surface area contributed by atoms with Gasteiger partial charge in [0.2, 0.25) is 0 Å². The number of hydrogen-bond donors (Lipinski definition) is 2. The number of hydrogen-bond acceptors (Lipinski definition) is 2. The van der Waals surface area contributed by atoms with E-state index in [4.69, 9.17) is 0 Å². The van der Waals surface area contributed by atoms with Crippen molar-refractivity contribution in [2.24, 2.45) is 4.99 Å². The second-order valence-electron chi connectivity index (χ2n) is 5.61. The Kier molecular flexibility index (Phi) is 7.65. The van der Waals surface area contributed by atoms with Crippen molar-refractivity contribution in [2.75, 3.05) is 25.9 Å². The molecule has 0 aliphatic carbocycles. The van der Waals surface area contributed by atoms with E-state index in [2.05, 4.69) is 35.7 Å². The summed E-state index contributed by atoms with van der Waals surface area (Å²) in [5, 5.41) is 6.36. The number of nitrogens with zero attached hydrogens (tertiary/aromatic N) is 1. The Bertz CT molecular complexity index is 484. The van der Waals surface area contributed by atoms with Crippen LogP contribution in [0.1, 0.15) is 26.3 Å². The molecule has 1 aromatic rings. The summed E-state index contributed by atoms with van der Waals surface area (Å²) < 4.78 is 26.3. The molecule has 0 aromatic heterocycles. The molecule has 0 aliphatic heterocycles. The maximum atomic E-state index is 13.1. The Labute approximate surface area is 136 Å². The van der Waals surface area contributed by atoms with Gasteiger partial charge in [-0.15, -0.1) is 0 Å². The van der Waals surface area contributed by atoms with Crippen LogP contribution in [0, 0.1) is 11.6 Å². The van der Waals surface area contributed by atoms with Gasteiger partial charge in [0.15, 0.2) is 5.96 Å². The summed E-state index contributed by atoms with van der Waals surface area (Å²) in [6.45, 7) is 8.30. The van der Waals surface area contributed by atoms with Gasteiger partial charge in [-0.2, -0.15) is 11.8 Å². The maximum absolute atomic E-state index is 13.1. The number of benzene rings is 1. The maximum Gasteiger partial charge on any atom is 0.191 e. The molecule has 0 spiro atoms. The number of thioether (sulfide) groups is 1. The SMILES string of the molecule is CCNC(=NCC(C)(C)SC)NCCc1cc(F)cc(F)c1. The van der Waals surface area contributed by atoms with Gasteiger partial charge in [0, 0.05) is 23.9 Å². The minimum atomic E-state index is -0.544. The Morgan fingerprint density at radius 2 is 1.82 bits per heavy atom. The van der Waals surface area contributed by atoms with Crippen molar-refractivity contribution >= 4 is 17.7 Å². The molecule has 6 heteroatoms. The highest BCUT2D eigenvalue weighted by molar-refractivity contribution is 7.99. The molecule has 22 heavy (non-hydrogen) atoms. The zero-order valence-corrected chi connectivity index (χ0v) is 14.5. The molecule has 0 unspecified atom stereocenters. The van der Waals surface area contributed by atoms with E-state index in [1.54, 1.807) is 11.8 Å². The van der Waals surface area contributed by atoms with Gasteiger partial charge in [-0.25, -0.2) is 8.78 Å². The van der Waals surface area contributed by atoms with Gasteiger partial charge in [0.1, 0.15) is 11.6 Å². The van der Waals surface area contributed by atoms with Crippen molar-refractivity contribution < 1.29 is 8.78 Å². The van der Waals surface area contributed by atoms with E-state index in [0.717, 1.165) is 18.6 Å². The lowest BCUT2D eigenvalue weighted by atomic mass is 10.1. The predicted molar refractivity (Wildman–Crippen MR) is 91.6 cm³/mol. The Balaban J connectivity index is 2.55. The van der Waals surface area contributed by atoms with E-state index < -0.39 is 11.6 Å². The summed E-state index contributed by atoms with van der Waals surface area (Å²) >= 11 is 1.77. The summed E-state index contributed by atoms with van der Waals surface area (Å²) in [6.07, 6.45) is 2.60. The molecule has 0 heterocycles. The number of halogens is 2. The second-order valence-corrected chi connectivity index (χ2v) is 7.13. The van der Waals surface area contributed by atoms with Crippen molar-refractivity contribution in [2.45, 2.75) is 31.9 Å². The fourth-order valence-corrected chi connectivity index (χ4v) is 1.95. The van der Waals surface area contributed by atoms with Gasteiger partial charge in [0.05, 0.1) is 6.54 Å². The van der Waals surface area contributed by atoms with Crippen molar-refractivity contribution in [1.29, 1.82) is 0 Å². The molecule has 0 amide bonds. The van der Waals surface area contributed by atoms with Crippen LogP contribution < -0.4 is 10.6 Å². The molecule has 124 valence electrons. The van der Waals surface area contributed by atoms with Crippen LogP contribution in [0.2, 0.25) is 0 Å². The monoisotopic (exact) mass is 329 g/mol. The average Bonchev–Trinajstić information content (AvgIpc) is 2.44. The average molecular weight is 329 g/mol. The molecule has 2 N–H and O–H groups in total. The lowest BCUT2D eigenvalue weighted by molar-refractivity contribution is 0.579. The molecular formula is C16H25F2N3S. The first-order valence-electron chi connectivity index (χ1n) is 7.38. The first-order chi connectivity index (χ1) is 10.4. The van der Waals surface area contributed by atoms with Gasteiger partial charge >= 0.3 is 0 Å². The van der Waals surface area contributed by atoms with Crippen molar-refractivity contribution in [1.82, 2.24) is 10.6 Å². The molecule has 1 rings (SSSR count). The highest BCUT2D eigenvalue weighted by Gasteiger charge is 2.15. The summed E-state index contributed by atoms with van der Waals surface area (Å²) in [7, 11) is 0. The Morgan fingerprint density at radius 1 is 1.18 bits per heavy atom. The normalized spacial score (nSPS) is 12.4. The molecule has 0 saturated heterocycles. The highest BCUT2D eigenvalue weighted by atomic mass is 32.2. The summed E-state index contributed by atoms with van der Waals surface area (Å²) in [4.78, 5) is 4.55. The lowest BCUT2D eigenvalue weighted by Crippen LogP contribution is -2.39. The van der Waals surface area contributed by atoms with Crippen molar-refractivity contribution in [3.8, 4) is 0 Å². The number of guanidine groups is 1. The first-order valence-corrected chi connectivity index (χ1v) is 8.61. The quantitative estimate of drug-likeness (QED) is 0.596. The second kappa shape index (κ2) is 8.98. The van der Waals surface area contributed by atoms with E-state index in [9.17, 15) is 8.78 Å². The molecule has 0 radical (unpaired) electrons. The standard InChI is InChI=1S/C16H25F2N3S/c1-5-19-15(21-11-16(2,3)22-4)20-7-6-12-8-13(17)10-14(18)9-12/h8-10H,5-7,11H2,1-4H3,(H2,19,20,21). The van der Waals surface area contributed by atoms with E-state index >= 15 is 0 Å². The molecule has 0 bridgehead atoms. The molecule has 1 aromatic carbocycles. The zero-order valence-electron chi connectivity index (χ0n) is 13.7. The first kappa shape index (κ1) is 18.7. The van der Waals surface area contributed by atoms with E-state index in [-0.39, 0.29) is 4.75 Å². The number of aliphatic imine (C=N–C) groups is 1. The van der Waals surface area contributed by atoms with Crippen LogP contribution in [-0.4, -0.2) is 36.6 Å². The third-order valence-corrected chi connectivity index (χ3v) is 4.38. The van der Waals surface area contributed by atoms with Crippen LogP contribution in [0.25, 0.3) is 0 Å². The topological polar surface area (TPSA) is 36.4 Å². The number of nitrogens with one attached hydrogen (secondary N) is 2. The lowest BCUT2D eigenvalue weighted by Gasteiger charge is -2.20. The fraction of sp³-hybridized carbons (Fsp3) is 0.562. The van der Waals surface area contributed by atoms with Crippen LogP contribution in [0.15, 0.2) is 23.2 Å². The molecule has 3 nitrogen and oxygen atoms in total. The van der Waals surface area contributed by atoms with E-state index in [1.807, 2.05) is 6.92 Å². The van der Waals surface area contributed by atoms with Gasteiger partial charge in [-0.1, -0.05) is 0 Å². The van der Waals surface area contributed by atoms with E-state index in [1.165, 1.54) is 12.1 Å². The van der Waals surface area contributed by atoms with E-state index in [0.29, 0.717) is 25.1 Å². The van der Waals surface area contributed by atoms with Crippen LogP contribution >= 0.6 is 11.8 Å². The Morgan fingerprint density at radius 3 is 2.36 bits per heavy atom. The van der Waals surface area contributed by atoms with Crippen molar-refractivity contribution in [3.05, 3.63) is 35.4 Å². The molecule has 0 fully saturated rings. The third-order valence-electron chi connectivity index (χ3n) is 3.14. The predicted octanol–water partition coefficient (Wildman–Crippen LogP) is 3.20. The van der Waals surface area contributed by atoms with Crippen molar-refractivity contribution in [3.63, 3.8) is 0 Å². The molecule has 0 saturated carbocycles. The molecule has 0 atom stereocenters. The van der Waals surface area contributed by atoms with Gasteiger partial charge < -0.3 is 10.6 Å². The molecular weight excluding hydrogens is 304 g/mol. The van der Waals surface area contributed by atoms with Gasteiger partial charge in [-0.3, -0.25) is 4.99 Å². The highest BCUT2D eigenvalue weighted by Crippen LogP contribution is 2.20. The minimum Gasteiger partial charge on any atom is -0.357 e. The largest absolute Gasteiger partial charge is 0.357 e. The summed E-state index contributed by atoms with van der Waals surface area (Å²) in [5.41, 5.74) is 0.630. The fourth-order valence-electron chi connectivity index (χ4n) is 1.76. The third kappa shape index (κ3) is 7.11. The van der Waals surface area contributed by atoms with Gasteiger partial charge in [-0.05, 0) is 51.1 Å². The van der Waals surface area contributed by atoms with Crippen LogP contribution in [0.5, 0.6) is 0 Å². The zero-order chi connectivity index (χ0) is 16.6. The smallest absolute Gasteiger partial charge is 0.191 e. The number of rotatable bonds is 7.